The number of ketones is 1. The van der Waals surface area contributed by atoms with Crippen LogP contribution in [0.5, 0.6) is 0 Å². The molecule has 0 N–H and O–H groups in total. The van der Waals surface area contributed by atoms with Gasteiger partial charge in [0.1, 0.15) is 0 Å². The molecule has 0 radical (unpaired) electrons. The first-order valence-corrected chi connectivity index (χ1v) is 6.29. The largest absolute Gasteiger partial charge is 0.294 e. The highest BCUT2D eigenvalue weighted by Crippen LogP contribution is 2.14. The van der Waals surface area contributed by atoms with Gasteiger partial charge in [-0.1, -0.05) is 57.9 Å². The van der Waals surface area contributed by atoms with Gasteiger partial charge in [0.05, 0.1) is 0 Å². The van der Waals surface area contributed by atoms with Gasteiger partial charge in [-0.05, 0) is 24.6 Å². The number of Topliss-reactive ketones (excluding diaryl/α,β-unsaturated/α-hetero) is 1. The van der Waals surface area contributed by atoms with Gasteiger partial charge in [-0.2, -0.15) is 0 Å². The highest BCUT2D eigenvalue weighted by molar-refractivity contribution is 9.10. The summed E-state index contributed by atoms with van der Waals surface area (Å²) in [4.78, 5) is 12.0. The molecule has 0 saturated heterocycles. The van der Waals surface area contributed by atoms with Crippen molar-refractivity contribution >= 4 is 21.7 Å². The monoisotopic (exact) mass is 288 g/mol. The van der Waals surface area contributed by atoms with Crippen molar-refractivity contribution in [3.8, 4) is 0 Å². The number of carbonyl (C=O) groups is 1. The Morgan fingerprint density at radius 3 is 2.47 bits per heavy atom. The van der Waals surface area contributed by atoms with Gasteiger partial charge < -0.3 is 0 Å². The lowest BCUT2D eigenvalue weighted by molar-refractivity contribution is 0.0993. The Bertz CT molecular complexity index is 529. The summed E-state index contributed by atoms with van der Waals surface area (Å²) in [6.45, 7) is 2.02. The van der Waals surface area contributed by atoms with Crippen LogP contribution in [-0.2, 0) is 6.42 Å². The molecule has 17 heavy (non-hydrogen) atoms. The third-order valence-corrected chi connectivity index (χ3v) is 3.12. The molecule has 1 nitrogen and oxygen atoms in total. The number of hydrogen-bond acceptors (Lipinski definition) is 1. The van der Waals surface area contributed by atoms with E-state index in [4.69, 9.17) is 0 Å². The van der Waals surface area contributed by atoms with Gasteiger partial charge in [-0.15, -0.1) is 0 Å². The maximum absolute atomic E-state index is 12.0. The fraction of sp³-hybridized carbons (Fsp3) is 0.133. The zero-order chi connectivity index (χ0) is 12.3. The Morgan fingerprint density at radius 2 is 1.82 bits per heavy atom. The minimum Gasteiger partial charge on any atom is -0.294 e. The van der Waals surface area contributed by atoms with Crippen LogP contribution in [0.1, 0.15) is 21.5 Å². The van der Waals surface area contributed by atoms with Crippen molar-refractivity contribution in [1.29, 1.82) is 0 Å². The number of halogens is 1. The molecule has 0 saturated carbocycles. The van der Waals surface area contributed by atoms with Crippen molar-refractivity contribution in [2.75, 3.05) is 0 Å². The first-order chi connectivity index (χ1) is 8.15. The number of hydrogen-bond donors (Lipinski definition) is 0. The number of benzene rings is 2. The second-order valence-corrected chi connectivity index (χ2v) is 5.01. The van der Waals surface area contributed by atoms with E-state index in [1.807, 2.05) is 55.5 Å². The Morgan fingerprint density at radius 1 is 1.12 bits per heavy atom. The van der Waals surface area contributed by atoms with Crippen molar-refractivity contribution in [2.45, 2.75) is 13.3 Å². The molecule has 0 aromatic heterocycles. The molecule has 2 rings (SSSR count). The minimum absolute atomic E-state index is 0.156. The van der Waals surface area contributed by atoms with Crippen LogP contribution < -0.4 is 0 Å². The SMILES string of the molecule is Cc1ccc(C(=O)Cc2cccc(Br)c2)cc1. The van der Waals surface area contributed by atoms with Gasteiger partial charge in [0, 0.05) is 16.5 Å². The predicted molar refractivity (Wildman–Crippen MR) is 73.4 cm³/mol. The van der Waals surface area contributed by atoms with E-state index in [1.54, 1.807) is 0 Å². The minimum atomic E-state index is 0.156. The van der Waals surface area contributed by atoms with Crippen LogP contribution in [0.3, 0.4) is 0 Å². The van der Waals surface area contributed by atoms with E-state index in [0.717, 1.165) is 15.6 Å². The zero-order valence-electron chi connectivity index (χ0n) is 9.61. The van der Waals surface area contributed by atoms with Crippen molar-refractivity contribution in [2.24, 2.45) is 0 Å². The molecule has 0 aliphatic carbocycles. The molecule has 0 spiro atoms. The van der Waals surface area contributed by atoms with Crippen LogP contribution in [0.15, 0.2) is 53.0 Å². The lowest BCUT2D eigenvalue weighted by Crippen LogP contribution is -2.03. The van der Waals surface area contributed by atoms with Gasteiger partial charge in [-0.3, -0.25) is 4.79 Å². The van der Waals surface area contributed by atoms with Crippen LogP contribution in [0, 0.1) is 6.92 Å². The van der Waals surface area contributed by atoms with Crippen LogP contribution in [0.25, 0.3) is 0 Å². The topological polar surface area (TPSA) is 17.1 Å². The van der Waals surface area contributed by atoms with E-state index in [0.29, 0.717) is 6.42 Å². The van der Waals surface area contributed by atoms with Crippen molar-refractivity contribution in [3.05, 3.63) is 69.7 Å². The summed E-state index contributed by atoms with van der Waals surface area (Å²) >= 11 is 3.41. The number of aryl methyl sites for hydroxylation is 1. The fourth-order valence-corrected chi connectivity index (χ4v) is 2.12. The molecule has 2 aromatic rings. The maximum Gasteiger partial charge on any atom is 0.167 e. The molecule has 86 valence electrons. The van der Waals surface area contributed by atoms with E-state index in [1.165, 1.54) is 5.56 Å². The van der Waals surface area contributed by atoms with Gasteiger partial charge in [-0.25, -0.2) is 0 Å². The highest BCUT2D eigenvalue weighted by Gasteiger charge is 2.06. The first kappa shape index (κ1) is 12.1. The van der Waals surface area contributed by atoms with Crippen LogP contribution in [0.2, 0.25) is 0 Å². The molecular formula is C15H13BrO. The average Bonchev–Trinajstić information content (AvgIpc) is 2.29. The molecule has 0 aliphatic rings. The van der Waals surface area contributed by atoms with Crippen molar-refractivity contribution in [3.63, 3.8) is 0 Å². The zero-order valence-corrected chi connectivity index (χ0v) is 11.2. The van der Waals surface area contributed by atoms with E-state index in [2.05, 4.69) is 15.9 Å². The first-order valence-electron chi connectivity index (χ1n) is 5.49. The van der Waals surface area contributed by atoms with Crippen LogP contribution in [-0.4, -0.2) is 5.78 Å². The lowest BCUT2D eigenvalue weighted by atomic mass is 10.0. The van der Waals surface area contributed by atoms with Gasteiger partial charge in [0.25, 0.3) is 0 Å². The van der Waals surface area contributed by atoms with E-state index < -0.39 is 0 Å². The normalized spacial score (nSPS) is 10.2. The maximum atomic E-state index is 12.0. The van der Waals surface area contributed by atoms with Crippen molar-refractivity contribution in [1.82, 2.24) is 0 Å². The second kappa shape index (κ2) is 5.28. The van der Waals surface area contributed by atoms with Gasteiger partial charge in [0.15, 0.2) is 5.78 Å². The van der Waals surface area contributed by atoms with Crippen molar-refractivity contribution < 1.29 is 4.79 Å². The standard InChI is InChI=1S/C15H13BrO/c1-11-5-7-13(8-6-11)15(17)10-12-3-2-4-14(16)9-12/h2-9H,10H2,1H3. The summed E-state index contributed by atoms with van der Waals surface area (Å²) in [6.07, 6.45) is 0.447. The molecular weight excluding hydrogens is 276 g/mol. The molecule has 2 aromatic carbocycles. The summed E-state index contributed by atoms with van der Waals surface area (Å²) in [5.41, 5.74) is 2.98. The molecule has 0 unspecified atom stereocenters. The van der Waals surface area contributed by atoms with Crippen LogP contribution in [0.4, 0.5) is 0 Å². The Hall–Kier alpha value is -1.41. The van der Waals surface area contributed by atoms with Gasteiger partial charge in [0.2, 0.25) is 0 Å². The lowest BCUT2D eigenvalue weighted by Gasteiger charge is -2.02. The Kier molecular flexibility index (Phi) is 3.75. The van der Waals surface area contributed by atoms with Crippen LogP contribution >= 0.6 is 15.9 Å². The molecule has 0 bridgehead atoms. The fourth-order valence-electron chi connectivity index (χ4n) is 1.67. The molecule has 0 amide bonds. The predicted octanol–water partition coefficient (Wildman–Crippen LogP) is 4.18. The van der Waals surface area contributed by atoms with E-state index in [-0.39, 0.29) is 5.78 Å². The second-order valence-electron chi connectivity index (χ2n) is 4.10. The number of rotatable bonds is 3. The summed E-state index contributed by atoms with van der Waals surface area (Å²) in [5.74, 6) is 0.156. The summed E-state index contributed by atoms with van der Waals surface area (Å²) in [6, 6.07) is 15.6. The summed E-state index contributed by atoms with van der Waals surface area (Å²) in [5, 5.41) is 0. The molecule has 0 aliphatic heterocycles. The Labute approximate surface area is 110 Å². The van der Waals surface area contributed by atoms with E-state index in [9.17, 15) is 4.79 Å². The third-order valence-electron chi connectivity index (χ3n) is 2.63. The Balaban J connectivity index is 2.14. The number of carbonyl (C=O) groups excluding carboxylic acids is 1. The summed E-state index contributed by atoms with van der Waals surface area (Å²) in [7, 11) is 0. The van der Waals surface area contributed by atoms with Gasteiger partial charge >= 0.3 is 0 Å². The molecule has 0 atom stereocenters. The third kappa shape index (κ3) is 3.27. The van der Waals surface area contributed by atoms with E-state index >= 15 is 0 Å². The quantitative estimate of drug-likeness (QED) is 0.775. The molecule has 0 fully saturated rings. The molecule has 0 heterocycles. The smallest absolute Gasteiger partial charge is 0.167 e. The molecule has 2 heteroatoms. The summed E-state index contributed by atoms with van der Waals surface area (Å²) < 4.78 is 1.01. The highest BCUT2D eigenvalue weighted by atomic mass is 79.9. The average molecular weight is 289 g/mol.